The maximum atomic E-state index is 4.88. The van der Waals surface area contributed by atoms with Crippen molar-refractivity contribution in [1.29, 1.82) is 0 Å². The highest BCUT2D eigenvalue weighted by atomic mass is 15.2. The second kappa shape index (κ2) is 8.20. The zero-order chi connectivity index (χ0) is 25.1. The number of anilines is 2. The Morgan fingerprint density at radius 2 is 1.03 bits per heavy atom. The lowest BCUT2D eigenvalue weighted by Crippen LogP contribution is -2.68. The third-order valence-electron chi connectivity index (χ3n) is 9.18. The summed E-state index contributed by atoms with van der Waals surface area (Å²) < 4.78 is 0. The second-order valence-electron chi connectivity index (χ2n) is 11.9. The molecule has 2 aromatic carbocycles. The molecule has 5 heteroatoms. The summed E-state index contributed by atoms with van der Waals surface area (Å²) in [5.74, 6) is 2.57. The van der Waals surface area contributed by atoms with E-state index in [0.717, 1.165) is 50.2 Å². The van der Waals surface area contributed by atoms with E-state index in [0.29, 0.717) is 5.92 Å². The first kappa shape index (κ1) is 22.6. The van der Waals surface area contributed by atoms with Crippen molar-refractivity contribution < 1.29 is 0 Å². The van der Waals surface area contributed by atoms with Crippen LogP contribution in [0.15, 0.2) is 85.5 Å². The van der Waals surface area contributed by atoms with Crippen LogP contribution in [0.4, 0.5) is 11.4 Å². The van der Waals surface area contributed by atoms with Crippen LogP contribution in [-0.4, -0.2) is 25.5 Å². The molecule has 0 saturated heterocycles. The molecule has 2 heterocycles. The van der Waals surface area contributed by atoms with Gasteiger partial charge in [0.2, 0.25) is 0 Å². The summed E-state index contributed by atoms with van der Waals surface area (Å²) in [5, 5.41) is 0. The van der Waals surface area contributed by atoms with Crippen molar-refractivity contribution in [3.05, 3.63) is 108 Å². The van der Waals surface area contributed by atoms with Gasteiger partial charge in [0.15, 0.2) is 0 Å². The molecule has 2 atom stereocenters. The third-order valence-corrected chi connectivity index (χ3v) is 9.18. The van der Waals surface area contributed by atoms with Crippen molar-refractivity contribution in [3.63, 3.8) is 0 Å². The van der Waals surface area contributed by atoms with Gasteiger partial charge in [0.1, 0.15) is 11.6 Å². The largest absolute Gasteiger partial charge is 0.335 e. The number of aromatic nitrogens is 4. The van der Waals surface area contributed by atoms with Gasteiger partial charge in [0, 0.05) is 52.5 Å². The molecule has 4 aliphatic rings. The fourth-order valence-corrected chi connectivity index (χ4v) is 8.37. The fraction of sp³-hybridized carbons (Fsp3) is 0.375. The first-order valence-corrected chi connectivity index (χ1v) is 13.5. The molecule has 0 amide bonds. The van der Waals surface area contributed by atoms with Gasteiger partial charge in [0.05, 0.1) is 0 Å². The summed E-state index contributed by atoms with van der Waals surface area (Å²) in [5.41, 5.74) is 4.81. The van der Waals surface area contributed by atoms with Crippen molar-refractivity contribution in [2.45, 2.75) is 68.7 Å². The highest BCUT2D eigenvalue weighted by molar-refractivity contribution is 5.67. The Bertz CT molecular complexity index is 1300. The molecule has 4 aromatic rings. The zero-order valence-corrected chi connectivity index (χ0v) is 21.6. The van der Waals surface area contributed by atoms with E-state index in [-0.39, 0.29) is 16.4 Å². The molecule has 0 radical (unpaired) electrons. The van der Waals surface area contributed by atoms with E-state index in [9.17, 15) is 0 Å². The molecule has 8 rings (SSSR count). The molecule has 4 bridgehead atoms. The Hall–Kier alpha value is -3.60. The second-order valence-corrected chi connectivity index (χ2v) is 11.9. The standard InChI is InChI=1S/C32H33N5/c1-23-5-9-26(10-6-23)37(27-11-7-24(2)8-12-27)32-19-25-17-30(21-32,28-33-13-3-14-34-28)20-31(18-25,22-32)29-35-15-4-16-36-29/h3-16,25H,17-22H2,1-2H3. The lowest BCUT2D eigenvalue weighted by Gasteiger charge is -2.68. The van der Waals surface area contributed by atoms with E-state index in [1.165, 1.54) is 22.5 Å². The monoisotopic (exact) mass is 487 g/mol. The lowest BCUT2D eigenvalue weighted by molar-refractivity contribution is -0.0506. The molecule has 37 heavy (non-hydrogen) atoms. The van der Waals surface area contributed by atoms with Crippen LogP contribution < -0.4 is 4.90 Å². The molecule has 4 aliphatic carbocycles. The van der Waals surface area contributed by atoms with E-state index in [2.05, 4.69) is 67.3 Å². The number of nitrogens with zero attached hydrogens (tertiary/aromatic N) is 5. The number of hydrogen-bond donors (Lipinski definition) is 0. The average molecular weight is 488 g/mol. The SMILES string of the molecule is Cc1ccc(N(c2ccc(C)cc2)C23CC4CC(c5ncccn5)(CC(c5ncccn5)(C4)C2)C3)cc1. The van der Waals surface area contributed by atoms with Crippen molar-refractivity contribution in [1.82, 2.24) is 19.9 Å². The summed E-state index contributed by atoms with van der Waals surface area (Å²) in [4.78, 5) is 22.2. The molecule has 0 N–H and O–H groups in total. The summed E-state index contributed by atoms with van der Waals surface area (Å²) >= 11 is 0. The van der Waals surface area contributed by atoms with Crippen molar-refractivity contribution in [3.8, 4) is 0 Å². The van der Waals surface area contributed by atoms with E-state index >= 15 is 0 Å². The van der Waals surface area contributed by atoms with Gasteiger partial charge in [0.25, 0.3) is 0 Å². The Morgan fingerprint density at radius 1 is 0.595 bits per heavy atom. The minimum Gasteiger partial charge on any atom is -0.335 e. The predicted octanol–water partition coefficient (Wildman–Crippen LogP) is 6.63. The van der Waals surface area contributed by atoms with Gasteiger partial charge < -0.3 is 4.90 Å². The number of benzene rings is 2. The van der Waals surface area contributed by atoms with Crippen molar-refractivity contribution in [2.24, 2.45) is 5.92 Å². The number of rotatable bonds is 5. The molecule has 4 fully saturated rings. The third kappa shape index (κ3) is 3.58. The van der Waals surface area contributed by atoms with Gasteiger partial charge in [-0.1, -0.05) is 35.4 Å². The minimum absolute atomic E-state index is 0.0810. The van der Waals surface area contributed by atoms with Crippen LogP contribution in [0.5, 0.6) is 0 Å². The van der Waals surface area contributed by atoms with E-state index in [1.807, 2.05) is 36.9 Å². The number of aryl methyl sites for hydroxylation is 2. The van der Waals surface area contributed by atoms with Crippen LogP contribution in [-0.2, 0) is 10.8 Å². The molecule has 2 aromatic heterocycles. The van der Waals surface area contributed by atoms with Crippen LogP contribution in [0.3, 0.4) is 0 Å². The molecular weight excluding hydrogens is 454 g/mol. The Balaban J connectivity index is 1.45. The zero-order valence-electron chi connectivity index (χ0n) is 21.6. The Labute approximate surface area is 219 Å². The van der Waals surface area contributed by atoms with Crippen LogP contribution in [0, 0.1) is 19.8 Å². The molecular formula is C32H33N5. The van der Waals surface area contributed by atoms with Gasteiger partial charge in [-0.15, -0.1) is 0 Å². The van der Waals surface area contributed by atoms with Gasteiger partial charge in [-0.2, -0.15) is 0 Å². The highest BCUT2D eigenvalue weighted by Gasteiger charge is 2.67. The van der Waals surface area contributed by atoms with Gasteiger partial charge >= 0.3 is 0 Å². The normalized spacial score (nSPS) is 29.8. The molecule has 186 valence electrons. The van der Waals surface area contributed by atoms with E-state index in [4.69, 9.17) is 19.9 Å². The molecule has 0 spiro atoms. The highest BCUT2D eigenvalue weighted by Crippen LogP contribution is 2.69. The molecule has 0 aliphatic heterocycles. The maximum absolute atomic E-state index is 4.88. The van der Waals surface area contributed by atoms with Crippen LogP contribution >= 0.6 is 0 Å². The van der Waals surface area contributed by atoms with Crippen LogP contribution in [0.25, 0.3) is 0 Å². The van der Waals surface area contributed by atoms with Crippen LogP contribution in [0.1, 0.15) is 61.3 Å². The Morgan fingerprint density at radius 3 is 1.46 bits per heavy atom. The first-order valence-electron chi connectivity index (χ1n) is 13.5. The van der Waals surface area contributed by atoms with Crippen LogP contribution in [0.2, 0.25) is 0 Å². The quantitative estimate of drug-likeness (QED) is 0.316. The average Bonchev–Trinajstić information content (AvgIpc) is 2.91. The summed E-state index contributed by atoms with van der Waals surface area (Å²) in [6.07, 6.45) is 14.2. The topological polar surface area (TPSA) is 54.8 Å². The first-order chi connectivity index (χ1) is 18.0. The van der Waals surface area contributed by atoms with E-state index < -0.39 is 0 Å². The maximum Gasteiger partial charge on any atom is 0.134 e. The summed E-state index contributed by atoms with van der Waals surface area (Å²) in [6.45, 7) is 4.32. The smallest absolute Gasteiger partial charge is 0.134 e. The summed E-state index contributed by atoms with van der Waals surface area (Å²) in [6, 6.07) is 22.0. The van der Waals surface area contributed by atoms with Crippen molar-refractivity contribution >= 4 is 11.4 Å². The Kier molecular flexibility index (Phi) is 5.01. The van der Waals surface area contributed by atoms with Gasteiger partial charge in [-0.05, 0) is 94.7 Å². The summed E-state index contributed by atoms with van der Waals surface area (Å²) in [7, 11) is 0. The predicted molar refractivity (Wildman–Crippen MR) is 146 cm³/mol. The van der Waals surface area contributed by atoms with Crippen molar-refractivity contribution in [2.75, 3.05) is 4.90 Å². The van der Waals surface area contributed by atoms with E-state index in [1.54, 1.807) is 0 Å². The lowest BCUT2D eigenvalue weighted by atomic mass is 9.41. The molecule has 2 unspecified atom stereocenters. The minimum atomic E-state index is -0.0898. The molecule has 5 nitrogen and oxygen atoms in total. The molecule has 4 saturated carbocycles. The fourth-order valence-electron chi connectivity index (χ4n) is 8.37. The van der Waals surface area contributed by atoms with Gasteiger partial charge in [-0.25, -0.2) is 19.9 Å². The van der Waals surface area contributed by atoms with Gasteiger partial charge in [-0.3, -0.25) is 0 Å². The number of hydrogen-bond acceptors (Lipinski definition) is 5.